The molecule has 1 aliphatic heterocycles. The highest BCUT2D eigenvalue weighted by Crippen LogP contribution is 2.33. The third-order valence-electron chi connectivity index (χ3n) is 4.70. The molecule has 1 saturated heterocycles. The Morgan fingerprint density at radius 2 is 2.33 bits per heavy atom. The minimum Gasteiger partial charge on any atom is -0.471 e. The van der Waals surface area contributed by atoms with Gasteiger partial charge in [-0.05, 0) is 41.3 Å². The van der Waals surface area contributed by atoms with Crippen LogP contribution in [0.5, 0.6) is 5.88 Å². The van der Waals surface area contributed by atoms with Gasteiger partial charge >= 0.3 is 0 Å². The molecular weight excluding hydrogens is 324 g/mol. The fourth-order valence-corrected chi connectivity index (χ4v) is 4.26. The number of thiophene rings is 1. The molecule has 0 aromatic carbocycles. The molecular formula is C18H20N2O3S. The van der Waals surface area contributed by atoms with E-state index < -0.39 is 0 Å². The molecule has 126 valence electrons. The van der Waals surface area contributed by atoms with E-state index in [1.807, 2.05) is 39.9 Å². The molecule has 6 heteroatoms. The van der Waals surface area contributed by atoms with Gasteiger partial charge in [0.25, 0.3) is 0 Å². The van der Waals surface area contributed by atoms with Crippen molar-refractivity contribution in [2.24, 2.45) is 0 Å². The van der Waals surface area contributed by atoms with Gasteiger partial charge in [0.15, 0.2) is 0 Å². The van der Waals surface area contributed by atoms with Gasteiger partial charge in [0.2, 0.25) is 11.8 Å². The van der Waals surface area contributed by atoms with Crippen LogP contribution < -0.4 is 4.74 Å². The number of aromatic nitrogens is 1. The summed E-state index contributed by atoms with van der Waals surface area (Å²) in [6.07, 6.45) is 3.89. The van der Waals surface area contributed by atoms with E-state index in [0.717, 1.165) is 18.4 Å². The Morgan fingerprint density at radius 3 is 3.12 bits per heavy atom. The summed E-state index contributed by atoms with van der Waals surface area (Å²) in [7, 11) is 0. The molecule has 24 heavy (non-hydrogen) atoms. The molecule has 2 aliphatic rings. The maximum Gasteiger partial charge on any atom is 0.227 e. The van der Waals surface area contributed by atoms with Gasteiger partial charge in [0.1, 0.15) is 12.2 Å². The fourth-order valence-electron chi connectivity index (χ4n) is 3.59. The van der Waals surface area contributed by atoms with Crippen LogP contribution in [0.3, 0.4) is 0 Å². The van der Waals surface area contributed by atoms with Crippen LogP contribution in [-0.2, 0) is 16.0 Å². The molecule has 2 aromatic heterocycles. The van der Waals surface area contributed by atoms with Crippen molar-refractivity contribution >= 4 is 17.2 Å². The van der Waals surface area contributed by atoms with Crippen molar-refractivity contribution in [3.8, 4) is 5.88 Å². The van der Waals surface area contributed by atoms with Crippen LogP contribution in [0, 0.1) is 0 Å². The van der Waals surface area contributed by atoms with E-state index in [4.69, 9.17) is 9.47 Å². The number of amides is 1. The predicted octanol–water partition coefficient (Wildman–Crippen LogP) is 2.52. The van der Waals surface area contributed by atoms with Gasteiger partial charge in [-0.1, -0.05) is 6.07 Å². The molecule has 1 saturated carbocycles. The van der Waals surface area contributed by atoms with Crippen molar-refractivity contribution in [1.29, 1.82) is 0 Å². The Morgan fingerprint density at radius 1 is 1.38 bits per heavy atom. The summed E-state index contributed by atoms with van der Waals surface area (Å²) in [5.41, 5.74) is 1.09. The average molecular weight is 344 g/mol. The summed E-state index contributed by atoms with van der Waals surface area (Å²) in [5, 5.41) is 4.05. The Bertz CT molecular complexity index is 677. The molecule has 1 aliphatic carbocycles. The number of pyridine rings is 1. The SMILES string of the molecule is O=C(Cc1ccsc1)N1CCO[C@H]2[C@@H](Oc3ccccn3)CC[C@@H]21. The van der Waals surface area contributed by atoms with Gasteiger partial charge in [-0.15, -0.1) is 0 Å². The molecule has 0 spiro atoms. The molecule has 2 aromatic rings. The first kappa shape index (κ1) is 15.6. The fraction of sp³-hybridized carbons (Fsp3) is 0.444. The zero-order chi connectivity index (χ0) is 16.4. The summed E-state index contributed by atoms with van der Waals surface area (Å²) >= 11 is 1.63. The number of rotatable bonds is 4. The van der Waals surface area contributed by atoms with Crippen LogP contribution in [0.1, 0.15) is 18.4 Å². The van der Waals surface area contributed by atoms with Crippen LogP contribution >= 0.6 is 11.3 Å². The van der Waals surface area contributed by atoms with E-state index in [9.17, 15) is 4.79 Å². The Kier molecular flexibility index (Phi) is 4.49. The van der Waals surface area contributed by atoms with Crippen LogP contribution in [-0.4, -0.2) is 47.2 Å². The van der Waals surface area contributed by atoms with Gasteiger partial charge in [0.05, 0.1) is 19.1 Å². The summed E-state index contributed by atoms with van der Waals surface area (Å²) in [4.78, 5) is 18.9. The van der Waals surface area contributed by atoms with Crippen molar-refractivity contribution in [2.75, 3.05) is 13.2 Å². The minimum atomic E-state index is -0.0628. The smallest absolute Gasteiger partial charge is 0.227 e. The first-order valence-corrected chi connectivity index (χ1v) is 9.25. The van der Waals surface area contributed by atoms with Crippen LogP contribution in [0.2, 0.25) is 0 Å². The molecule has 5 nitrogen and oxygen atoms in total. The van der Waals surface area contributed by atoms with Crippen molar-refractivity contribution in [3.05, 3.63) is 46.8 Å². The van der Waals surface area contributed by atoms with Crippen LogP contribution in [0.15, 0.2) is 41.2 Å². The Balaban J connectivity index is 1.43. The third-order valence-corrected chi connectivity index (χ3v) is 5.43. The minimum absolute atomic E-state index is 0.0401. The highest BCUT2D eigenvalue weighted by atomic mass is 32.1. The number of ether oxygens (including phenoxy) is 2. The van der Waals surface area contributed by atoms with E-state index >= 15 is 0 Å². The van der Waals surface area contributed by atoms with E-state index in [1.165, 1.54) is 0 Å². The summed E-state index contributed by atoms with van der Waals surface area (Å²) in [6.45, 7) is 1.24. The number of nitrogens with zero attached hydrogens (tertiary/aromatic N) is 2. The van der Waals surface area contributed by atoms with Crippen LogP contribution in [0.25, 0.3) is 0 Å². The molecule has 3 atom stereocenters. The largest absolute Gasteiger partial charge is 0.471 e. The molecule has 0 bridgehead atoms. The number of hydrogen-bond acceptors (Lipinski definition) is 5. The first-order chi connectivity index (χ1) is 11.8. The molecule has 1 amide bonds. The lowest BCUT2D eigenvalue weighted by Crippen LogP contribution is -2.54. The monoisotopic (exact) mass is 344 g/mol. The second-order valence-corrected chi connectivity index (χ2v) is 6.98. The highest BCUT2D eigenvalue weighted by molar-refractivity contribution is 7.08. The summed E-state index contributed by atoms with van der Waals surface area (Å²) in [6, 6.07) is 7.76. The number of fused-ring (bicyclic) bond motifs is 1. The van der Waals surface area contributed by atoms with Gasteiger partial charge in [0, 0.05) is 18.8 Å². The molecule has 0 radical (unpaired) electrons. The number of morpholine rings is 1. The zero-order valence-corrected chi connectivity index (χ0v) is 14.2. The van der Waals surface area contributed by atoms with Gasteiger partial charge in [-0.2, -0.15) is 11.3 Å². The van der Waals surface area contributed by atoms with Crippen molar-refractivity contribution in [1.82, 2.24) is 9.88 Å². The lowest BCUT2D eigenvalue weighted by Gasteiger charge is -2.39. The van der Waals surface area contributed by atoms with E-state index in [1.54, 1.807) is 17.5 Å². The molecule has 0 unspecified atom stereocenters. The lowest BCUT2D eigenvalue weighted by molar-refractivity contribution is -0.147. The number of hydrogen-bond donors (Lipinski definition) is 0. The third kappa shape index (κ3) is 3.16. The van der Waals surface area contributed by atoms with E-state index in [-0.39, 0.29) is 24.2 Å². The molecule has 3 heterocycles. The van der Waals surface area contributed by atoms with Gasteiger partial charge in [-0.3, -0.25) is 4.79 Å². The van der Waals surface area contributed by atoms with Crippen molar-refractivity contribution in [2.45, 2.75) is 37.5 Å². The molecule has 2 fully saturated rings. The van der Waals surface area contributed by atoms with E-state index in [2.05, 4.69) is 4.98 Å². The summed E-state index contributed by atoms with van der Waals surface area (Å²) in [5.74, 6) is 0.804. The topological polar surface area (TPSA) is 51.7 Å². The number of carbonyl (C=O) groups is 1. The maximum absolute atomic E-state index is 12.7. The average Bonchev–Trinajstić information content (AvgIpc) is 3.26. The maximum atomic E-state index is 12.7. The normalized spacial score (nSPS) is 26.2. The van der Waals surface area contributed by atoms with Crippen molar-refractivity contribution in [3.63, 3.8) is 0 Å². The van der Waals surface area contributed by atoms with Gasteiger partial charge in [-0.25, -0.2) is 4.98 Å². The van der Waals surface area contributed by atoms with E-state index in [0.29, 0.717) is 25.5 Å². The lowest BCUT2D eigenvalue weighted by atomic mass is 10.1. The standard InChI is InChI=1S/C18H20N2O3S/c21-17(11-13-6-10-24-12-13)20-8-9-22-18-14(20)4-5-15(18)23-16-3-1-2-7-19-16/h1-3,6-7,10,12,14-15,18H,4-5,8-9,11H2/t14-,15-,18+/m0/s1. The zero-order valence-electron chi connectivity index (χ0n) is 13.3. The Labute approximate surface area is 145 Å². The van der Waals surface area contributed by atoms with Crippen molar-refractivity contribution < 1.29 is 14.3 Å². The second kappa shape index (κ2) is 6.91. The first-order valence-electron chi connectivity index (χ1n) is 8.31. The van der Waals surface area contributed by atoms with Gasteiger partial charge < -0.3 is 14.4 Å². The summed E-state index contributed by atoms with van der Waals surface area (Å²) < 4.78 is 12.0. The van der Waals surface area contributed by atoms with Crippen LogP contribution in [0.4, 0.5) is 0 Å². The predicted molar refractivity (Wildman–Crippen MR) is 91.2 cm³/mol. The second-order valence-electron chi connectivity index (χ2n) is 6.20. The number of carbonyl (C=O) groups excluding carboxylic acids is 1. The quantitative estimate of drug-likeness (QED) is 0.855. The molecule has 4 rings (SSSR count). The highest BCUT2D eigenvalue weighted by Gasteiger charge is 2.45. The Hall–Kier alpha value is -1.92. The molecule has 0 N–H and O–H groups in total.